The first-order chi connectivity index (χ1) is 7.47. The van der Waals surface area contributed by atoms with Gasteiger partial charge in [-0.25, -0.2) is 9.97 Å². The van der Waals surface area contributed by atoms with Gasteiger partial charge < -0.3 is 0 Å². The molecule has 4 nitrogen and oxygen atoms in total. The van der Waals surface area contributed by atoms with Crippen LogP contribution in [0.1, 0.15) is 32.3 Å². The van der Waals surface area contributed by atoms with Crippen LogP contribution in [0, 0.1) is 6.92 Å². The quantitative estimate of drug-likeness (QED) is 0.796. The molecule has 16 heavy (non-hydrogen) atoms. The summed E-state index contributed by atoms with van der Waals surface area (Å²) in [7, 11) is 0. The number of aromatic amines is 1. The van der Waals surface area contributed by atoms with E-state index in [4.69, 9.17) is 0 Å². The molecule has 0 spiro atoms. The molecular weight excluding hydrogens is 200 g/mol. The molecule has 2 aromatic heterocycles. The van der Waals surface area contributed by atoms with Crippen molar-refractivity contribution in [3.05, 3.63) is 29.7 Å². The fourth-order valence-corrected chi connectivity index (χ4v) is 1.38. The minimum absolute atomic E-state index is 0.0188. The third-order valence-electron chi connectivity index (χ3n) is 2.31. The molecule has 84 valence electrons. The number of nitrogens with one attached hydrogen (secondary N) is 1. The van der Waals surface area contributed by atoms with Crippen LogP contribution in [0.4, 0.5) is 0 Å². The Morgan fingerprint density at radius 3 is 2.44 bits per heavy atom. The molecule has 1 N–H and O–H groups in total. The molecule has 4 heteroatoms. The molecule has 0 aliphatic heterocycles. The molecule has 0 unspecified atom stereocenters. The molecule has 0 fully saturated rings. The zero-order valence-electron chi connectivity index (χ0n) is 10.1. The van der Waals surface area contributed by atoms with Crippen LogP contribution < -0.4 is 0 Å². The van der Waals surface area contributed by atoms with E-state index in [-0.39, 0.29) is 5.41 Å². The molecule has 2 aromatic rings. The number of pyridine rings is 1. The maximum absolute atomic E-state index is 4.46. The Bertz CT molecular complexity index is 494. The summed E-state index contributed by atoms with van der Waals surface area (Å²) in [4.78, 5) is 8.86. The first kappa shape index (κ1) is 10.8. The van der Waals surface area contributed by atoms with Crippen LogP contribution in [0.2, 0.25) is 0 Å². The molecule has 0 radical (unpaired) electrons. The highest BCUT2D eigenvalue weighted by Gasteiger charge is 2.19. The average Bonchev–Trinajstić information content (AvgIpc) is 2.65. The summed E-state index contributed by atoms with van der Waals surface area (Å²) in [5, 5.41) is 7.16. The van der Waals surface area contributed by atoms with Crippen molar-refractivity contribution in [3.8, 4) is 11.5 Å². The first-order valence-electron chi connectivity index (χ1n) is 5.34. The fourth-order valence-electron chi connectivity index (χ4n) is 1.38. The van der Waals surface area contributed by atoms with Gasteiger partial charge in [-0.05, 0) is 19.1 Å². The highest BCUT2D eigenvalue weighted by atomic mass is 15.2. The van der Waals surface area contributed by atoms with Gasteiger partial charge in [0, 0.05) is 11.1 Å². The van der Waals surface area contributed by atoms with Crippen molar-refractivity contribution in [1.29, 1.82) is 0 Å². The summed E-state index contributed by atoms with van der Waals surface area (Å²) < 4.78 is 0. The summed E-state index contributed by atoms with van der Waals surface area (Å²) in [6.45, 7) is 8.25. The molecule has 0 atom stereocenters. The van der Waals surface area contributed by atoms with Crippen LogP contribution in [0.3, 0.4) is 0 Å². The Morgan fingerprint density at radius 2 is 1.88 bits per heavy atom. The summed E-state index contributed by atoms with van der Waals surface area (Å²) in [6.07, 6.45) is 0. The monoisotopic (exact) mass is 216 g/mol. The lowest BCUT2D eigenvalue weighted by Crippen LogP contribution is -2.13. The summed E-state index contributed by atoms with van der Waals surface area (Å²) in [5.41, 5.74) is 1.76. The first-order valence-corrected chi connectivity index (χ1v) is 5.34. The zero-order valence-corrected chi connectivity index (χ0v) is 10.1. The van der Waals surface area contributed by atoms with Crippen LogP contribution in [0.15, 0.2) is 18.2 Å². The minimum Gasteiger partial charge on any atom is -0.262 e. The number of hydrogen-bond acceptors (Lipinski definition) is 3. The van der Waals surface area contributed by atoms with Crippen molar-refractivity contribution in [3.63, 3.8) is 0 Å². The Labute approximate surface area is 95.1 Å². The summed E-state index contributed by atoms with van der Waals surface area (Å²) >= 11 is 0. The Morgan fingerprint density at radius 1 is 1.12 bits per heavy atom. The van der Waals surface area contributed by atoms with E-state index in [1.165, 1.54) is 0 Å². The second kappa shape index (κ2) is 3.70. The Kier molecular flexibility index (Phi) is 2.50. The lowest BCUT2D eigenvalue weighted by atomic mass is 9.96. The maximum atomic E-state index is 4.46. The third kappa shape index (κ3) is 2.10. The number of hydrogen-bond donors (Lipinski definition) is 1. The molecule has 0 bridgehead atoms. The zero-order chi connectivity index (χ0) is 11.8. The van der Waals surface area contributed by atoms with E-state index >= 15 is 0 Å². The van der Waals surface area contributed by atoms with Gasteiger partial charge in [0.15, 0.2) is 5.82 Å². The van der Waals surface area contributed by atoms with E-state index in [0.717, 1.165) is 17.2 Å². The summed E-state index contributed by atoms with van der Waals surface area (Å²) in [6, 6.07) is 5.84. The van der Waals surface area contributed by atoms with Gasteiger partial charge in [0.25, 0.3) is 0 Å². The Hall–Kier alpha value is -1.71. The Balaban J connectivity index is 2.39. The van der Waals surface area contributed by atoms with Gasteiger partial charge in [-0.1, -0.05) is 26.8 Å². The molecule has 0 aliphatic carbocycles. The minimum atomic E-state index is -0.0188. The number of nitrogens with zero attached hydrogens (tertiary/aromatic N) is 3. The van der Waals surface area contributed by atoms with Gasteiger partial charge in [-0.15, -0.1) is 0 Å². The number of aromatic nitrogens is 4. The SMILES string of the molecule is Cc1cccc(-c2n[nH]c(C(C)(C)C)n2)n1. The van der Waals surface area contributed by atoms with Crippen molar-refractivity contribution < 1.29 is 0 Å². The maximum Gasteiger partial charge on any atom is 0.199 e. The molecule has 2 heterocycles. The predicted octanol–water partition coefficient (Wildman–Crippen LogP) is 2.47. The molecule has 0 aliphatic rings. The second-order valence-corrected chi connectivity index (χ2v) is 4.92. The standard InChI is InChI=1S/C12H16N4/c1-8-6-5-7-9(13-8)10-14-11(16-15-10)12(2,3)4/h5-7H,1-4H3,(H,14,15,16). The normalized spacial score (nSPS) is 11.8. The number of aryl methyl sites for hydroxylation is 1. The van der Waals surface area contributed by atoms with E-state index in [1.54, 1.807) is 0 Å². The molecule has 0 amide bonds. The van der Waals surface area contributed by atoms with Gasteiger partial charge in [-0.2, -0.15) is 5.10 Å². The molecule has 0 saturated heterocycles. The lowest BCUT2D eigenvalue weighted by molar-refractivity contribution is 0.548. The number of rotatable bonds is 1. The van der Waals surface area contributed by atoms with Gasteiger partial charge in [0.2, 0.25) is 0 Å². The highest BCUT2D eigenvalue weighted by Crippen LogP contribution is 2.20. The smallest absolute Gasteiger partial charge is 0.199 e. The third-order valence-corrected chi connectivity index (χ3v) is 2.31. The molecular formula is C12H16N4. The molecule has 2 rings (SSSR count). The molecule has 0 aromatic carbocycles. The molecule has 0 saturated carbocycles. The van der Waals surface area contributed by atoms with Gasteiger partial charge >= 0.3 is 0 Å². The number of H-pyrrole nitrogens is 1. The van der Waals surface area contributed by atoms with Crippen molar-refractivity contribution in [1.82, 2.24) is 20.2 Å². The lowest BCUT2D eigenvalue weighted by Gasteiger charge is -2.12. The average molecular weight is 216 g/mol. The van der Waals surface area contributed by atoms with Gasteiger partial charge in [0.05, 0.1) is 0 Å². The van der Waals surface area contributed by atoms with Crippen molar-refractivity contribution in [2.45, 2.75) is 33.1 Å². The second-order valence-electron chi connectivity index (χ2n) is 4.92. The van der Waals surface area contributed by atoms with E-state index < -0.39 is 0 Å². The van der Waals surface area contributed by atoms with E-state index in [2.05, 4.69) is 40.9 Å². The van der Waals surface area contributed by atoms with Crippen LogP contribution in [0.25, 0.3) is 11.5 Å². The highest BCUT2D eigenvalue weighted by molar-refractivity contribution is 5.48. The summed E-state index contributed by atoms with van der Waals surface area (Å²) in [5.74, 6) is 1.54. The van der Waals surface area contributed by atoms with Crippen molar-refractivity contribution in [2.24, 2.45) is 0 Å². The van der Waals surface area contributed by atoms with Crippen LogP contribution in [-0.2, 0) is 5.41 Å². The van der Waals surface area contributed by atoms with Crippen molar-refractivity contribution in [2.75, 3.05) is 0 Å². The topological polar surface area (TPSA) is 54.5 Å². The van der Waals surface area contributed by atoms with Crippen LogP contribution >= 0.6 is 0 Å². The van der Waals surface area contributed by atoms with Crippen molar-refractivity contribution >= 4 is 0 Å². The van der Waals surface area contributed by atoms with E-state index in [9.17, 15) is 0 Å². The predicted molar refractivity (Wildman–Crippen MR) is 63.1 cm³/mol. The van der Waals surface area contributed by atoms with Crippen LogP contribution in [0.5, 0.6) is 0 Å². The largest absolute Gasteiger partial charge is 0.262 e. The van der Waals surface area contributed by atoms with E-state index in [0.29, 0.717) is 5.82 Å². The van der Waals surface area contributed by atoms with E-state index in [1.807, 2.05) is 25.1 Å². The van der Waals surface area contributed by atoms with Gasteiger partial charge in [-0.3, -0.25) is 5.10 Å². The fraction of sp³-hybridized carbons (Fsp3) is 0.417. The van der Waals surface area contributed by atoms with Crippen LogP contribution in [-0.4, -0.2) is 20.2 Å². The van der Waals surface area contributed by atoms with Gasteiger partial charge in [0.1, 0.15) is 11.5 Å².